The number of allylic oxidation sites excluding steroid dienone is 6. The third-order valence-corrected chi connectivity index (χ3v) is 8.91. The number of carboxylic acids is 1. The summed E-state index contributed by atoms with van der Waals surface area (Å²) in [6, 6.07) is -1.52. The van der Waals surface area contributed by atoms with E-state index >= 15 is 0 Å². The fourth-order valence-corrected chi connectivity index (χ4v) is 5.72. The Bertz CT molecular complexity index is 1000. The van der Waals surface area contributed by atoms with Crippen molar-refractivity contribution in [3.63, 3.8) is 0 Å². The van der Waals surface area contributed by atoms with Crippen LogP contribution in [0.5, 0.6) is 0 Å². The van der Waals surface area contributed by atoms with E-state index in [4.69, 9.17) is 24.8 Å². The zero-order chi connectivity index (χ0) is 37.1. The highest BCUT2D eigenvalue weighted by Crippen LogP contribution is 2.43. The Hall–Kier alpha value is -2.30. The smallest absolute Gasteiger partial charge is 0.472 e. The van der Waals surface area contributed by atoms with Gasteiger partial charge in [-0.15, -0.1) is 0 Å². The number of carbonyl (C=O) groups is 3. The van der Waals surface area contributed by atoms with Crippen LogP contribution in [0, 0.1) is 0 Å². The lowest BCUT2D eigenvalue weighted by Gasteiger charge is -2.20. The van der Waals surface area contributed by atoms with Crippen molar-refractivity contribution in [2.24, 2.45) is 5.73 Å². The van der Waals surface area contributed by atoms with E-state index in [9.17, 15) is 23.8 Å². The second-order valence-electron chi connectivity index (χ2n) is 12.7. The fourth-order valence-electron chi connectivity index (χ4n) is 4.95. The molecule has 0 aliphatic carbocycles. The van der Waals surface area contributed by atoms with E-state index in [1.54, 1.807) is 0 Å². The predicted octanol–water partition coefficient (Wildman–Crippen LogP) is 9.28. The zero-order valence-corrected chi connectivity index (χ0v) is 31.9. The molecule has 0 aromatic carbocycles. The van der Waals surface area contributed by atoms with Crippen LogP contribution in [0.25, 0.3) is 0 Å². The van der Waals surface area contributed by atoms with E-state index in [-0.39, 0.29) is 19.4 Å². The Labute approximate surface area is 302 Å². The average Bonchev–Trinajstić information content (AvgIpc) is 3.09. The van der Waals surface area contributed by atoms with Crippen molar-refractivity contribution in [3.8, 4) is 0 Å². The second-order valence-corrected chi connectivity index (χ2v) is 14.2. The van der Waals surface area contributed by atoms with Gasteiger partial charge in [-0.25, -0.2) is 4.57 Å². The molecule has 0 rings (SSSR count). The first-order valence-electron chi connectivity index (χ1n) is 19.0. The van der Waals surface area contributed by atoms with Crippen LogP contribution in [0.15, 0.2) is 36.5 Å². The minimum Gasteiger partial charge on any atom is -0.480 e. The van der Waals surface area contributed by atoms with Crippen LogP contribution in [-0.2, 0) is 37.5 Å². The molecule has 0 heterocycles. The topological polar surface area (TPSA) is 172 Å². The van der Waals surface area contributed by atoms with Crippen molar-refractivity contribution < 1.29 is 47.5 Å². The van der Waals surface area contributed by atoms with Crippen molar-refractivity contribution in [2.45, 2.75) is 167 Å². The summed E-state index contributed by atoms with van der Waals surface area (Å²) in [7, 11) is -4.71. The normalized spacial score (nSPS) is 14.3. The van der Waals surface area contributed by atoms with Crippen LogP contribution >= 0.6 is 7.82 Å². The van der Waals surface area contributed by atoms with Gasteiger partial charge < -0.3 is 25.2 Å². The molecule has 0 radical (unpaired) electrons. The third-order valence-electron chi connectivity index (χ3n) is 7.96. The van der Waals surface area contributed by atoms with Crippen LogP contribution in [0.2, 0.25) is 0 Å². The molecule has 50 heavy (non-hydrogen) atoms. The van der Waals surface area contributed by atoms with Gasteiger partial charge in [-0.2, -0.15) is 0 Å². The first kappa shape index (κ1) is 47.7. The molecule has 0 aromatic heterocycles. The third kappa shape index (κ3) is 32.9. The number of phosphoric ester groups is 1. The van der Waals surface area contributed by atoms with Gasteiger partial charge in [-0.05, 0) is 32.1 Å². The van der Waals surface area contributed by atoms with Gasteiger partial charge in [0.25, 0.3) is 0 Å². The lowest BCUT2D eigenvalue weighted by atomic mass is 10.0. The maximum absolute atomic E-state index is 12.5. The highest BCUT2D eigenvalue weighted by molar-refractivity contribution is 7.47. The number of carboxylic acid groups (broad SMARTS) is 1. The van der Waals surface area contributed by atoms with Crippen LogP contribution in [0.1, 0.15) is 155 Å². The summed E-state index contributed by atoms with van der Waals surface area (Å²) < 4.78 is 32.5. The van der Waals surface area contributed by atoms with Crippen LogP contribution in [-0.4, -0.2) is 59.9 Å². The van der Waals surface area contributed by atoms with Crippen molar-refractivity contribution >= 4 is 25.7 Å². The number of ether oxygens (including phenoxy) is 2. The van der Waals surface area contributed by atoms with E-state index in [1.807, 2.05) is 24.3 Å². The second kappa shape index (κ2) is 33.8. The van der Waals surface area contributed by atoms with Gasteiger partial charge in [-0.1, -0.05) is 147 Å². The summed E-state index contributed by atoms with van der Waals surface area (Å²) in [5, 5.41) is 8.85. The van der Waals surface area contributed by atoms with E-state index in [0.717, 1.165) is 57.8 Å². The van der Waals surface area contributed by atoms with Crippen LogP contribution < -0.4 is 5.73 Å². The molecule has 12 heteroatoms. The monoisotopic (exact) mass is 729 g/mol. The van der Waals surface area contributed by atoms with Crippen LogP contribution in [0.4, 0.5) is 0 Å². The first-order valence-corrected chi connectivity index (χ1v) is 20.5. The molecule has 290 valence electrons. The lowest BCUT2D eigenvalue weighted by molar-refractivity contribution is -0.161. The minimum absolute atomic E-state index is 0.139. The molecule has 0 aliphatic heterocycles. The molecular weight excluding hydrogens is 661 g/mol. The Morgan fingerprint density at radius 2 is 1.12 bits per heavy atom. The highest BCUT2D eigenvalue weighted by atomic mass is 31.2. The molecule has 0 saturated carbocycles. The lowest BCUT2D eigenvalue weighted by Crippen LogP contribution is -2.34. The quantitative estimate of drug-likeness (QED) is 0.0246. The van der Waals surface area contributed by atoms with Gasteiger partial charge >= 0.3 is 25.7 Å². The molecule has 0 aromatic rings. The number of phosphoric acid groups is 1. The molecule has 0 bridgehead atoms. The molecule has 2 unspecified atom stereocenters. The van der Waals surface area contributed by atoms with Crippen LogP contribution in [0.3, 0.4) is 0 Å². The molecule has 0 saturated heterocycles. The van der Waals surface area contributed by atoms with Crippen molar-refractivity contribution in [1.29, 1.82) is 0 Å². The van der Waals surface area contributed by atoms with Crippen molar-refractivity contribution in [2.75, 3.05) is 19.8 Å². The summed E-state index contributed by atoms with van der Waals surface area (Å²) in [4.78, 5) is 45.7. The number of nitrogens with two attached hydrogens (primary N) is 1. The Morgan fingerprint density at radius 3 is 1.66 bits per heavy atom. The number of rotatable bonds is 35. The Kier molecular flexibility index (Phi) is 32.3. The Morgan fingerprint density at radius 1 is 0.640 bits per heavy atom. The number of hydrogen-bond acceptors (Lipinski definition) is 9. The van der Waals surface area contributed by atoms with E-state index in [2.05, 4.69) is 30.5 Å². The molecule has 11 nitrogen and oxygen atoms in total. The maximum Gasteiger partial charge on any atom is 0.472 e. The average molecular weight is 730 g/mol. The zero-order valence-electron chi connectivity index (χ0n) is 31.0. The molecule has 4 N–H and O–H groups in total. The summed E-state index contributed by atoms with van der Waals surface area (Å²) in [5.74, 6) is -2.41. The maximum atomic E-state index is 12.5. The molecule has 0 amide bonds. The number of hydrogen-bond donors (Lipinski definition) is 3. The predicted molar refractivity (Wildman–Crippen MR) is 199 cm³/mol. The molecule has 0 fully saturated rings. The van der Waals surface area contributed by atoms with E-state index in [1.165, 1.54) is 57.8 Å². The van der Waals surface area contributed by atoms with E-state index in [0.29, 0.717) is 12.8 Å². The fraction of sp³-hybridized carbons (Fsp3) is 0.763. The van der Waals surface area contributed by atoms with Crippen molar-refractivity contribution in [3.05, 3.63) is 36.5 Å². The summed E-state index contributed by atoms with van der Waals surface area (Å²) >= 11 is 0. The largest absolute Gasteiger partial charge is 0.480 e. The number of esters is 2. The first-order chi connectivity index (χ1) is 24.1. The number of aliphatic carboxylic acids is 1. The minimum atomic E-state index is -4.71. The summed E-state index contributed by atoms with van der Waals surface area (Å²) in [6.45, 7) is 2.63. The molecule has 0 spiro atoms. The highest BCUT2D eigenvalue weighted by Gasteiger charge is 2.28. The van der Waals surface area contributed by atoms with Gasteiger partial charge in [0.1, 0.15) is 12.6 Å². The SMILES string of the molecule is CC/C=C/C=C/C=C/CCCCCCCC(=O)OC(COC(=O)CCCCCCCCCCCCCCC)COP(=O)(O)OC[C@H](N)C(=O)O. The molecule has 0 aliphatic rings. The summed E-state index contributed by atoms with van der Waals surface area (Å²) in [6.07, 6.45) is 33.6. The standard InChI is InChI=1S/C38H68NO10P/c1-3-5-7-9-11-13-15-17-19-21-23-25-27-29-36(40)46-31-34(32-47-50(44,45)48-33-35(39)38(42)43)49-37(41)30-28-26-24-22-20-18-16-14-12-10-8-6-4-2/h6,8,10,12,14,16,34-35H,3-5,7,9,11,13,15,17-33,39H2,1-2H3,(H,42,43)(H,44,45)/b8-6+,12-10+,16-14+/t34?,35-/m0/s1. The van der Waals surface area contributed by atoms with Gasteiger partial charge in [0.2, 0.25) is 0 Å². The molecular formula is C38H68NO10P. The summed E-state index contributed by atoms with van der Waals surface area (Å²) in [5.41, 5.74) is 5.31. The number of carbonyl (C=O) groups excluding carboxylic acids is 2. The van der Waals surface area contributed by atoms with Gasteiger partial charge in [0.15, 0.2) is 6.10 Å². The van der Waals surface area contributed by atoms with Gasteiger partial charge in [-0.3, -0.25) is 23.4 Å². The number of unbranched alkanes of at least 4 members (excludes halogenated alkanes) is 17. The Balaban J connectivity index is 4.47. The van der Waals surface area contributed by atoms with Gasteiger partial charge in [0, 0.05) is 12.8 Å². The van der Waals surface area contributed by atoms with Gasteiger partial charge in [0.05, 0.1) is 13.2 Å². The molecule has 3 atom stereocenters. The van der Waals surface area contributed by atoms with Crippen molar-refractivity contribution in [1.82, 2.24) is 0 Å². The van der Waals surface area contributed by atoms with E-state index < -0.39 is 51.1 Å².